The van der Waals surface area contributed by atoms with E-state index in [1.54, 1.807) is 57.9 Å². The van der Waals surface area contributed by atoms with E-state index in [2.05, 4.69) is 10.3 Å². The molecule has 3 aromatic rings. The van der Waals surface area contributed by atoms with Crippen LogP contribution < -0.4 is 19.5 Å². The van der Waals surface area contributed by atoms with Crippen molar-refractivity contribution in [1.82, 2.24) is 4.98 Å². The monoisotopic (exact) mass is 364 g/mol. The summed E-state index contributed by atoms with van der Waals surface area (Å²) in [5.41, 5.74) is 2.19. The summed E-state index contributed by atoms with van der Waals surface area (Å²) in [6, 6.07) is 12.7. The van der Waals surface area contributed by atoms with Gasteiger partial charge in [-0.1, -0.05) is 6.07 Å². The van der Waals surface area contributed by atoms with E-state index in [1.165, 1.54) is 6.08 Å². The van der Waals surface area contributed by atoms with Crippen LogP contribution in [0.2, 0.25) is 0 Å². The van der Waals surface area contributed by atoms with Crippen molar-refractivity contribution in [2.45, 2.75) is 0 Å². The maximum Gasteiger partial charge on any atom is 0.248 e. The zero-order valence-corrected chi connectivity index (χ0v) is 15.4. The number of carbonyl (C=O) groups is 1. The van der Waals surface area contributed by atoms with E-state index >= 15 is 0 Å². The van der Waals surface area contributed by atoms with Crippen molar-refractivity contribution in [1.29, 1.82) is 0 Å². The Morgan fingerprint density at radius 2 is 1.70 bits per heavy atom. The maximum absolute atomic E-state index is 12.4. The van der Waals surface area contributed by atoms with Crippen LogP contribution in [0.4, 0.5) is 5.69 Å². The summed E-state index contributed by atoms with van der Waals surface area (Å²) in [4.78, 5) is 16.7. The van der Waals surface area contributed by atoms with E-state index in [-0.39, 0.29) is 5.91 Å². The van der Waals surface area contributed by atoms with Gasteiger partial charge in [0.2, 0.25) is 5.91 Å². The van der Waals surface area contributed by atoms with Crippen LogP contribution in [0.25, 0.3) is 17.0 Å². The Morgan fingerprint density at radius 1 is 0.963 bits per heavy atom. The Labute approximate surface area is 157 Å². The fraction of sp³-hybridized carbons (Fsp3) is 0.143. The van der Waals surface area contributed by atoms with Crippen LogP contribution >= 0.6 is 0 Å². The summed E-state index contributed by atoms with van der Waals surface area (Å²) in [6.45, 7) is 0. The number of amides is 1. The number of benzene rings is 2. The van der Waals surface area contributed by atoms with Gasteiger partial charge in [0.15, 0.2) is 11.5 Å². The molecule has 0 aliphatic rings. The van der Waals surface area contributed by atoms with E-state index < -0.39 is 0 Å². The molecule has 3 rings (SSSR count). The summed E-state index contributed by atoms with van der Waals surface area (Å²) < 4.78 is 15.8. The quantitative estimate of drug-likeness (QED) is 0.672. The first-order chi connectivity index (χ1) is 13.2. The van der Waals surface area contributed by atoms with Crippen molar-refractivity contribution < 1.29 is 19.0 Å². The third-order valence-electron chi connectivity index (χ3n) is 4.05. The fourth-order valence-electron chi connectivity index (χ4n) is 2.72. The average molecular weight is 364 g/mol. The van der Waals surface area contributed by atoms with Gasteiger partial charge in [-0.15, -0.1) is 0 Å². The summed E-state index contributed by atoms with van der Waals surface area (Å²) in [7, 11) is 4.74. The van der Waals surface area contributed by atoms with E-state index in [0.29, 0.717) is 28.5 Å². The van der Waals surface area contributed by atoms with Gasteiger partial charge in [-0.05, 0) is 48.0 Å². The number of ether oxygens (including phenoxy) is 3. The Kier molecular flexibility index (Phi) is 5.56. The van der Waals surface area contributed by atoms with Crippen LogP contribution in [-0.2, 0) is 4.79 Å². The second-order valence-electron chi connectivity index (χ2n) is 5.65. The van der Waals surface area contributed by atoms with Crippen LogP contribution in [0.3, 0.4) is 0 Å². The van der Waals surface area contributed by atoms with Crippen LogP contribution in [0.1, 0.15) is 5.56 Å². The van der Waals surface area contributed by atoms with E-state index in [4.69, 9.17) is 14.2 Å². The van der Waals surface area contributed by atoms with Crippen LogP contribution in [0.5, 0.6) is 17.2 Å². The van der Waals surface area contributed by atoms with Gasteiger partial charge in [0.05, 0.1) is 27.0 Å². The van der Waals surface area contributed by atoms with E-state index in [0.717, 1.165) is 10.9 Å². The first kappa shape index (κ1) is 18.3. The maximum atomic E-state index is 12.4. The van der Waals surface area contributed by atoms with E-state index in [1.807, 2.05) is 18.2 Å². The Morgan fingerprint density at radius 3 is 2.44 bits per heavy atom. The van der Waals surface area contributed by atoms with Gasteiger partial charge >= 0.3 is 0 Å². The molecule has 6 nitrogen and oxygen atoms in total. The molecular weight excluding hydrogens is 344 g/mol. The minimum Gasteiger partial charge on any atom is -0.494 e. The average Bonchev–Trinajstić information content (AvgIpc) is 2.72. The van der Waals surface area contributed by atoms with Gasteiger partial charge < -0.3 is 19.5 Å². The molecule has 0 saturated carbocycles. The number of methoxy groups -OCH3 is 3. The van der Waals surface area contributed by atoms with Crippen LogP contribution in [0.15, 0.2) is 54.7 Å². The highest BCUT2D eigenvalue weighted by Crippen LogP contribution is 2.30. The SMILES string of the molecule is COc1ccc(/C=C/C(=O)Nc2ccc(OC)c3ncccc23)cc1OC. The number of fused-ring (bicyclic) bond motifs is 1. The number of nitrogens with zero attached hydrogens (tertiary/aromatic N) is 1. The van der Waals surface area contributed by atoms with Gasteiger partial charge in [-0.25, -0.2) is 0 Å². The number of aromatic nitrogens is 1. The molecule has 0 aliphatic carbocycles. The lowest BCUT2D eigenvalue weighted by atomic mass is 10.1. The third-order valence-corrected chi connectivity index (χ3v) is 4.05. The summed E-state index contributed by atoms with van der Waals surface area (Å²) >= 11 is 0. The lowest BCUT2D eigenvalue weighted by Gasteiger charge is -2.10. The van der Waals surface area contributed by atoms with Crippen molar-refractivity contribution in [3.05, 3.63) is 60.3 Å². The number of pyridine rings is 1. The summed E-state index contributed by atoms with van der Waals surface area (Å²) in [5.74, 6) is 1.65. The Balaban J connectivity index is 1.80. The fourth-order valence-corrected chi connectivity index (χ4v) is 2.72. The topological polar surface area (TPSA) is 69.7 Å². The summed E-state index contributed by atoms with van der Waals surface area (Å²) in [5, 5.41) is 3.69. The molecule has 0 bridgehead atoms. The van der Waals surface area contributed by atoms with Crippen LogP contribution in [-0.4, -0.2) is 32.2 Å². The molecule has 0 radical (unpaired) electrons. The van der Waals surface area contributed by atoms with Gasteiger partial charge in [-0.3, -0.25) is 9.78 Å². The minimum absolute atomic E-state index is 0.250. The number of carbonyl (C=O) groups excluding carboxylic acids is 1. The highest BCUT2D eigenvalue weighted by molar-refractivity contribution is 6.07. The molecule has 0 fully saturated rings. The molecule has 27 heavy (non-hydrogen) atoms. The molecule has 1 heterocycles. The molecule has 6 heteroatoms. The molecular formula is C21H20N2O4. The molecule has 0 saturated heterocycles. The Hall–Kier alpha value is -3.54. The van der Waals surface area contributed by atoms with Crippen molar-refractivity contribution >= 4 is 28.6 Å². The lowest BCUT2D eigenvalue weighted by Crippen LogP contribution is -2.08. The Bertz CT molecular complexity index is 999. The standard InChI is InChI=1S/C21H20N2O4/c1-25-17-9-6-14(13-19(17)27-3)7-11-20(24)23-16-8-10-18(26-2)21-15(16)5-4-12-22-21/h4-13H,1-3H3,(H,23,24)/b11-7+. The zero-order chi connectivity index (χ0) is 19.2. The predicted octanol–water partition coefficient (Wildman–Crippen LogP) is 3.91. The van der Waals surface area contributed by atoms with Crippen molar-refractivity contribution in [3.63, 3.8) is 0 Å². The van der Waals surface area contributed by atoms with Gasteiger partial charge in [0.1, 0.15) is 11.3 Å². The minimum atomic E-state index is -0.250. The molecule has 0 unspecified atom stereocenters. The first-order valence-electron chi connectivity index (χ1n) is 8.29. The predicted molar refractivity (Wildman–Crippen MR) is 106 cm³/mol. The molecule has 1 aromatic heterocycles. The van der Waals surface area contributed by atoms with Crippen molar-refractivity contribution in [2.75, 3.05) is 26.6 Å². The van der Waals surface area contributed by atoms with E-state index in [9.17, 15) is 4.79 Å². The molecule has 0 spiro atoms. The highest BCUT2D eigenvalue weighted by Gasteiger charge is 2.09. The number of anilines is 1. The first-order valence-corrected chi connectivity index (χ1v) is 8.29. The highest BCUT2D eigenvalue weighted by atomic mass is 16.5. The molecule has 138 valence electrons. The smallest absolute Gasteiger partial charge is 0.248 e. The normalized spacial score (nSPS) is 10.8. The second-order valence-corrected chi connectivity index (χ2v) is 5.65. The van der Waals surface area contributed by atoms with Gasteiger partial charge in [0, 0.05) is 17.7 Å². The largest absolute Gasteiger partial charge is 0.494 e. The number of hydrogen-bond donors (Lipinski definition) is 1. The number of nitrogens with one attached hydrogen (secondary N) is 1. The number of rotatable bonds is 6. The second kappa shape index (κ2) is 8.23. The number of hydrogen-bond acceptors (Lipinski definition) is 5. The third kappa shape index (κ3) is 4.00. The lowest BCUT2D eigenvalue weighted by molar-refractivity contribution is -0.111. The molecule has 0 atom stereocenters. The molecule has 1 amide bonds. The zero-order valence-electron chi connectivity index (χ0n) is 15.4. The van der Waals surface area contributed by atoms with Gasteiger partial charge in [0.25, 0.3) is 0 Å². The molecule has 0 aliphatic heterocycles. The molecule has 1 N–H and O–H groups in total. The van der Waals surface area contributed by atoms with Crippen LogP contribution in [0, 0.1) is 0 Å². The van der Waals surface area contributed by atoms with Crippen molar-refractivity contribution in [2.24, 2.45) is 0 Å². The summed E-state index contributed by atoms with van der Waals surface area (Å²) in [6.07, 6.45) is 4.86. The molecule has 2 aromatic carbocycles. The van der Waals surface area contributed by atoms with Gasteiger partial charge in [-0.2, -0.15) is 0 Å². The van der Waals surface area contributed by atoms with Crippen molar-refractivity contribution in [3.8, 4) is 17.2 Å².